The molecule has 0 saturated carbocycles. The highest BCUT2D eigenvalue weighted by Gasteiger charge is 2.52. The van der Waals surface area contributed by atoms with E-state index in [1.54, 1.807) is 36.5 Å². The number of aromatic nitrogens is 1. The van der Waals surface area contributed by atoms with E-state index in [0.717, 1.165) is 0 Å². The molecule has 8 nitrogen and oxygen atoms in total. The van der Waals surface area contributed by atoms with Crippen LogP contribution in [0.15, 0.2) is 48.8 Å². The fourth-order valence-electron chi connectivity index (χ4n) is 3.54. The van der Waals surface area contributed by atoms with Crippen molar-refractivity contribution < 1.29 is 34.0 Å². The maximum Gasteiger partial charge on any atom is 0.340 e. The van der Waals surface area contributed by atoms with Crippen molar-refractivity contribution in [3.05, 3.63) is 59.9 Å². The molecule has 0 spiro atoms. The standard InChI is InChI=1S/C20H21NO7/c1-20(24,13-6-2-3-7-14(13)22)28-16-11-26-17-15(10-25-18(16)17)27-19(23)12-5-4-8-21-9-12/h2-9,15-18,22,24H,10-11H2,1H3/t15-,16+,17-,18-,20?/m1/s1. The minimum atomic E-state index is -1.73. The normalized spacial score (nSPS) is 28.5. The van der Waals surface area contributed by atoms with Crippen LogP contribution in [-0.4, -0.2) is 58.8 Å². The maximum atomic E-state index is 12.2. The van der Waals surface area contributed by atoms with Gasteiger partial charge in [-0.3, -0.25) is 4.98 Å². The largest absolute Gasteiger partial charge is 0.507 e. The lowest BCUT2D eigenvalue weighted by Crippen LogP contribution is -2.39. The number of fused-ring (bicyclic) bond motifs is 1. The van der Waals surface area contributed by atoms with E-state index in [2.05, 4.69) is 4.98 Å². The van der Waals surface area contributed by atoms with Crippen LogP contribution in [-0.2, 0) is 24.7 Å². The number of aromatic hydroxyl groups is 1. The zero-order chi connectivity index (χ0) is 19.7. The van der Waals surface area contributed by atoms with Crippen molar-refractivity contribution in [1.82, 2.24) is 4.98 Å². The number of benzene rings is 1. The van der Waals surface area contributed by atoms with Gasteiger partial charge in [-0.15, -0.1) is 0 Å². The Morgan fingerprint density at radius 1 is 1.14 bits per heavy atom. The maximum absolute atomic E-state index is 12.2. The number of carbonyl (C=O) groups excluding carboxylic acids is 1. The Labute approximate surface area is 161 Å². The van der Waals surface area contributed by atoms with Gasteiger partial charge in [0.15, 0.2) is 11.9 Å². The number of para-hydroxylation sites is 1. The molecule has 8 heteroatoms. The van der Waals surface area contributed by atoms with E-state index in [0.29, 0.717) is 5.56 Å². The van der Waals surface area contributed by atoms with E-state index in [9.17, 15) is 15.0 Å². The highest BCUT2D eigenvalue weighted by atomic mass is 16.7. The van der Waals surface area contributed by atoms with Gasteiger partial charge >= 0.3 is 5.97 Å². The molecule has 2 aromatic rings. The van der Waals surface area contributed by atoms with Crippen LogP contribution in [0.5, 0.6) is 5.75 Å². The second-order valence-corrected chi connectivity index (χ2v) is 6.94. The first-order chi connectivity index (χ1) is 13.5. The molecule has 5 atom stereocenters. The summed E-state index contributed by atoms with van der Waals surface area (Å²) in [6.07, 6.45) is 0.850. The molecule has 2 saturated heterocycles. The van der Waals surface area contributed by atoms with E-state index in [4.69, 9.17) is 18.9 Å². The van der Waals surface area contributed by atoms with E-state index < -0.39 is 36.2 Å². The summed E-state index contributed by atoms with van der Waals surface area (Å²) in [4.78, 5) is 16.2. The lowest BCUT2D eigenvalue weighted by Gasteiger charge is -2.29. The highest BCUT2D eigenvalue weighted by Crippen LogP contribution is 2.37. The molecule has 2 aliphatic rings. The van der Waals surface area contributed by atoms with Gasteiger partial charge in [-0.2, -0.15) is 0 Å². The molecular formula is C20H21NO7. The monoisotopic (exact) mass is 387 g/mol. The van der Waals surface area contributed by atoms with Gasteiger partial charge in [0.1, 0.15) is 24.1 Å². The SMILES string of the molecule is CC(O)(O[C@H]1CO[C@H]2[C@@H]1OC[C@H]2OC(=O)c1cccnc1)c1ccccc1O. The first-order valence-electron chi connectivity index (χ1n) is 8.98. The fraction of sp³-hybridized carbons (Fsp3) is 0.400. The van der Waals surface area contributed by atoms with Crippen LogP contribution in [0.3, 0.4) is 0 Å². The van der Waals surface area contributed by atoms with Gasteiger partial charge in [-0.1, -0.05) is 12.1 Å². The van der Waals surface area contributed by atoms with Crippen LogP contribution < -0.4 is 0 Å². The summed E-state index contributed by atoms with van der Waals surface area (Å²) in [5.41, 5.74) is 0.593. The summed E-state index contributed by atoms with van der Waals surface area (Å²) in [6.45, 7) is 1.78. The lowest BCUT2D eigenvalue weighted by molar-refractivity contribution is -0.240. The molecule has 1 aromatic heterocycles. The zero-order valence-corrected chi connectivity index (χ0v) is 15.2. The molecule has 3 heterocycles. The minimum Gasteiger partial charge on any atom is -0.507 e. The number of phenolic OH excluding ortho intramolecular Hbond substituents is 1. The highest BCUT2D eigenvalue weighted by molar-refractivity contribution is 5.89. The van der Waals surface area contributed by atoms with Gasteiger partial charge in [-0.25, -0.2) is 4.79 Å². The number of nitrogens with zero attached hydrogens (tertiary/aromatic N) is 1. The third-order valence-corrected chi connectivity index (χ3v) is 4.90. The second kappa shape index (κ2) is 7.48. The molecule has 1 aromatic carbocycles. The third kappa shape index (κ3) is 3.59. The fourth-order valence-corrected chi connectivity index (χ4v) is 3.54. The number of pyridine rings is 1. The summed E-state index contributed by atoms with van der Waals surface area (Å²) in [5.74, 6) is -2.31. The van der Waals surface area contributed by atoms with Gasteiger partial charge in [0, 0.05) is 12.4 Å². The lowest BCUT2D eigenvalue weighted by atomic mass is 10.0. The average molecular weight is 387 g/mol. The number of aliphatic hydroxyl groups is 1. The van der Waals surface area contributed by atoms with Crippen LogP contribution in [0.4, 0.5) is 0 Å². The number of esters is 1. The average Bonchev–Trinajstić information content (AvgIpc) is 3.26. The molecule has 0 aliphatic carbocycles. The van der Waals surface area contributed by atoms with Gasteiger partial charge in [0.2, 0.25) is 0 Å². The number of hydrogen-bond acceptors (Lipinski definition) is 8. The Kier molecular flexibility index (Phi) is 5.03. The van der Waals surface area contributed by atoms with Crippen molar-refractivity contribution in [2.24, 2.45) is 0 Å². The molecule has 28 heavy (non-hydrogen) atoms. The first kappa shape index (κ1) is 18.8. The van der Waals surface area contributed by atoms with Crippen molar-refractivity contribution in [3.63, 3.8) is 0 Å². The predicted octanol–water partition coefficient (Wildman–Crippen LogP) is 1.36. The number of ether oxygens (including phenoxy) is 4. The third-order valence-electron chi connectivity index (χ3n) is 4.90. The molecule has 0 bridgehead atoms. The molecule has 4 rings (SSSR count). The Bertz CT molecular complexity index is 841. The van der Waals surface area contributed by atoms with Crippen LogP contribution >= 0.6 is 0 Å². The zero-order valence-electron chi connectivity index (χ0n) is 15.2. The van der Waals surface area contributed by atoms with Crippen LogP contribution in [0.2, 0.25) is 0 Å². The van der Waals surface area contributed by atoms with Crippen LogP contribution in [0, 0.1) is 0 Å². The van der Waals surface area contributed by atoms with Crippen molar-refractivity contribution in [3.8, 4) is 5.75 Å². The molecule has 2 N–H and O–H groups in total. The molecule has 148 valence electrons. The first-order valence-corrected chi connectivity index (χ1v) is 8.98. The summed E-state index contributed by atoms with van der Waals surface area (Å²) in [6, 6.07) is 9.68. The number of carbonyl (C=O) groups is 1. The van der Waals surface area contributed by atoms with Gasteiger partial charge in [0.05, 0.1) is 24.3 Å². The van der Waals surface area contributed by atoms with Gasteiger partial charge < -0.3 is 29.2 Å². The van der Waals surface area contributed by atoms with Crippen molar-refractivity contribution in [2.75, 3.05) is 13.2 Å². The van der Waals surface area contributed by atoms with Crippen molar-refractivity contribution >= 4 is 5.97 Å². The van der Waals surface area contributed by atoms with Gasteiger partial charge in [-0.05, 0) is 31.2 Å². The second-order valence-electron chi connectivity index (χ2n) is 6.94. The molecule has 0 amide bonds. The Morgan fingerprint density at radius 3 is 2.57 bits per heavy atom. The van der Waals surface area contributed by atoms with Gasteiger partial charge in [0.25, 0.3) is 0 Å². The number of hydrogen-bond donors (Lipinski definition) is 2. The Hall–Kier alpha value is -2.52. The van der Waals surface area contributed by atoms with Crippen LogP contribution in [0.25, 0.3) is 0 Å². The van der Waals surface area contributed by atoms with Crippen molar-refractivity contribution in [2.45, 2.75) is 37.1 Å². The number of rotatable bonds is 5. The van der Waals surface area contributed by atoms with E-state index in [1.807, 2.05) is 0 Å². The predicted molar refractivity (Wildman–Crippen MR) is 95.5 cm³/mol. The van der Waals surface area contributed by atoms with E-state index in [-0.39, 0.29) is 24.5 Å². The minimum absolute atomic E-state index is 0.0708. The number of phenols is 1. The Balaban J connectivity index is 1.41. The van der Waals surface area contributed by atoms with Crippen molar-refractivity contribution in [1.29, 1.82) is 0 Å². The smallest absolute Gasteiger partial charge is 0.340 e. The summed E-state index contributed by atoms with van der Waals surface area (Å²) < 4.78 is 22.8. The molecule has 1 unspecified atom stereocenters. The molecule has 2 fully saturated rings. The molecule has 2 aliphatic heterocycles. The molecule has 0 radical (unpaired) electrons. The Morgan fingerprint density at radius 2 is 1.86 bits per heavy atom. The topological polar surface area (TPSA) is 107 Å². The van der Waals surface area contributed by atoms with Crippen LogP contribution in [0.1, 0.15) is 22.8 Å². The van der Waals surface area contributed by atoms with E-state index in [1.165, 1.54) is 19.2 Å². The summed E-state index contributed by atoms with van der Waals surface area (Å²) >= 11 is 0. The summed E-state index contributed by atoms with van der Waals surface area (Å²) in [7, 11) is 0. The van der Waals surface area contributed by atoms with E-state index >= 15 is 0 Å². The summed E-state index contributed by atoms with van der Waals surface area (Å²) in [5, 5.41) is 20.7. The quantitative estimate of drug-likeness (QED) is 0.585. The molecular weight excluding hydrogens is 366 g/mol.